The molecule has 1 aromatic rings. The molecule has 1 atom stereocenters. The number of likely N-dealkylation sites (N-methyl/N-ethyl adjacent to an activating group) is 1. The zero-order valence-electron chi connectivity index (χ0n) is 13.2. The van der Waals surface area contributed by atoms with Crippen molar-refractivity contribution in [1.29, 1.82) is 0 Å². The molecule has 1 aliphatic carbocycles. The van der Waals surface area contributed by atoms with Crippen LogP contribution in [-0.2, 0) is 4.74 Å². The molecular weight excluding hydrogens is 252 g/mol. The Labute approximate surface area is 121 Å². The average Bonchev–Trinajstić information content (AvgIpc) is 3.25. The van der Waals surface area contributed by atoms with Crippen molar-refractivity contribution in [1.82, 2.24) is 9.97 Å². The number of ether oxygens (including phenoxy) is 1. The number of rotatable bonds is 7. The second-order valence-corrected chi connectivity index (χ2v) is 5.60. The molecular formula is C15H26N4O. The van der Waals surface area contributed by atoms with Gasteiger partial charge in [0.1, 0.15) is 17.5 Å². The Morgan fingerprint density at radius 2 is 2.10 bits per heavy atom. The number of hydrogen-bond donors (Lipinski definition) is 1. The second-order valence-electron chi connectivity index (χ2n) is 5.60. The number of hydrogen-bond acceptors (Lipinski definition) is 5. The van der Waals surface area contributed by atoms with Crippen molar-refractivity contribution in [3.05, 3.63) is 11.4 Å². The van der Waals surface area contributed by atoms with Gasteiger partial charge in [0.25, 0.3) is 0 Å². The van der Waals surface area contributed by atoms with Crippen LogP contribution in [0.4, 0.5) is 11.6 Å². The van der Waals surface area contributed by atoms with Crippen molar-refractivity contribution in [2.45, 2.75) is 45.6 Å². The van der Waals surface area contributed by atoms with Crippen molar-refractivity contribution in [2.75, 3.05) is 37.5 Å². The fourth-order valence-corrected chi connectivity index (χ4v) is 2.29. The van der Waals surface area contributed by atoms with Gasteiger partial charge in [0.05, 0.1) is 12.6 Å². The minimum absolute atomic E-state index is 0.287. The first-order chi connectivity index (χ1) is 9.58. The molecule has 0 spiro atoms. The zero-order chi connectivity index (χ0) is 14.7. The van der Waals surface area contributed by atoms with E-state index in [-0.39, 0.29) is 6.04 Å². The van der Waals surface area contributed by atoms with Crippen LogP contribution in [0, 0.1) is 6.92 Å². The molecule has 0 bridgehead atoms. The van der Waals surface area contributed by atoms with Gasteiger partial charge in [-0.15, -0.1) is 0 Å². The summed E-state index contributed by atoms with van der Waals surface area (Å²) in [5.74, 6) is 3.52. The van der Waals surface area contributed by atoms with Gasteiger partial charge in [0.15, 0.2) is 0 Å². The summed E-state index contributed by atoms with van der Waals surface area (Å²) in [4.78, 5) is 11.7. The molecule has 0 amide bonds. The standard InChI is InChI=1S/C15H26N4O/c1-6-16-13-11(3)15(19(4)10(2)9-20-5)18-14(17-13)12-7-8-12/h10,12H,6-9H2,1-5H3,(H,16,17,18). The van der Waals surface area contributed by atoms with Crippen LogP contribution in [0.2, 0.25) is 0 Å². The summed E-state index contributed by atoms with van der Waals surface area (Å²) in [5.41, 5.74) is 1.11. The number of aromatic nitrogens is 2. The molecule has 0 saturated heterocycles. The summed E-state index contributed by atoms with van der Waals surface area (Å²) in [5, 5.41) is 3.36. The maximum Gasteiger partial charge on any atom is 0.137 e. The average molecular weight is 278 g/mol. The topological polar surface area (TPSA) is 50.3 Å². The Balaban J connectivity index is 2.34. The molecule has 1 N–H and O–H groups in total. The third kappa shape index (κ3) is 3.20. The summed E-state index contributed by atoms with van der Waals surface area (Å²) in [6.45, 7) is 7.89. The lowest BCUT2D eigenvalue weighted by molar-refractivity contribution is 0.183. The van der Waals surface area contributed by atoms with Gasteiger partial charge >= 0.3 is 0 Å². The van der Waals surface area contributed by atoms with Crippen molar-refractivity contribution in [2.24, 2.45) is 0 Å². The van der Waals surface area contributed by atoms with Crippen LogP contribution >= 0.6 is 0 Å². The van der Waals surface area contributed by atoms with Gasteiger partial charge in [-0.2, -0.15) is 0 Å². The molecule has 5 nitrogen and oxygen atoms in total. The van der Waals surface area contributed by atoms with E-state index in [4.69, 9.17) is 14.7 Å². The third-order valence-corrected chi connectivity index (χ3v) is 3.83. The Kier molecular flexibility index (Phi) is 4.81. The van der Waals surface area contributed by atoms with Gasteiger partial charge in [-0.1, -0.05) is 0 Å². The predicted octanol–water partition coefficient (Wildman–Crippen LogP) is 2.57. The van der Waals surface area contributed by atoms with Gasteiger partial charge < -0.3 is 15.0 Å². The van der Waals surface area contributed by atoms with E-state index in [9.17, 15) is 0 Å². The first-order valence-electron chi connectivity index (χ1n) is 7.42. The first-order valence-corrected chi connectivity index (χ1v) is 7.42. The molecule has 0 aromatic carbocycles. The fourth-order valence-electron chi connectivity index (χ4n) is 2.29. The largest absolute Gasteiger partial charge is 0.383 e. The van der Waals surface area contributed by atoms with Crippen LogP contribution in [0.5, 0.6) is 0 Å². The highest BCUT2D eigenvalue weighted by molar-refractivity contribution is 5.59. The maximum atomic E-state index is 5.25. The second kappa shape index (κ2) is 6.39. The molecule has 1 heterocycles. The Morgan fingerprint density at radius 3 is 2.65 bits per heavy atom. The lowest BCUT2D eigenvalue weighted by Crippen LogP contribution is -2.34. The molecule has 1 unspecified atom stereocenters. The van der Waals surface area contributed by atoms with Gasteiger partial charge in [0.2, 0.25) is 0 Å². The molecule has 1 aromatic heterocycles. The highest BCUT2D eigenvalue weighted by Crippen LogP contribution is 2.40. The predicted molar refractivity (Wildman–Crippen MR) is 82.6 cm³/mol. The minimum Gasteiger partial charge on any atom is -0.383 e. The van der Waals surface area contributed by atoms with Crippen LogP contribution < -0.4 is 10.2 Å². The number of nitrogens with one attached hydrogen (secondary N) is 1. The quantitative estimate of drug-likeness (QED) is 0.830. The highest BCUT2D eigenvalue weighted by atomic mass is 16.5. The minimum atomic E-state index is 0.287. The Hall–Kier alpha value is -1.36. The van der Waals surface area contributed by atoms with Gasteiger partial charge in [0, 0.05) is 32.2 Å². The fraction of sp³-hybridized carbons (Fsp3) is 0.733. The summed E-state index contributed by atoms with van der Waals surface area (Å²) >= 11 is 0. The third-order valence-electron chi connectivity index (χ3n) is 3.83. The molecule has 0 aliphatic heterocycles. The summed E-state index contributed by atoms with van der Waals surface area (Å²) in [6.07, 6.45) is 2.43. The maximum absolute atomic E-state index is 5.25. The van der Waals surface area contributed by atoms with Crippen LogP contribution in [0.15, 0.2) is 0 Å². The Morgan fingerprint density at radius 1 is 1.40 bits per heavy atom. The van der Waals surface area contributed by atoms with E-state index < -0.39 is 0 Å². The summed E-state index contributed by atoms with van der Waals surface area (Å²) < 4.78 is 5.25. The lowest BCUT2D eigenvalue weighted by Gasteiger charge is -2.28. The van der Waals surface area contributed by atoms with Gasteiger partial charge in [-0.05, 0) is 33.6 Å². The van der Waals surface area contributed by atoms with Gasteiger partial charge in [-0.25, -0.2) is 9.97 Å². The van der Waals surface area contributed by atoms with E-state index in [2.05, 4.69) is 38.0 Å². The van der Waals surface area contributed by atoms with Crippen LogP contribution in [-0.4, -0.2) is 43.3 Å². The summed E-state index contributed by atoms with van der Waals surface area (Å²) in [6, 6.07) is 0.287. The van der Waals surface area contributed by atoms with Gasteiger partial charge in [-0.3, -0.25) is 0 Å². The van der Waals surface area contributed by atoms with E-state index in [0.717, 1.165) is 29.6 Å². The number of methoxy groups -OCH3 is 1. The van der Waals surface area contributed by atoms with E-state index in [1.165, 1.54) is 12.8 Å². The molecule has 1 saturated carbocycles. The van der Waals surface area contributed by atoms with Crippen molar-refractivity contribution < 1.29 is 4.74 Å². The highest BCUT2D eigenvalue weighted by Gasteiger charge is 2.29. The summed E-state index contributed by atoms with van der Waals surface area (Å²) in [7, 11) is 3.81. The monoisotopic (exact) mass is 278 g/mol. The molecule has 1 fully saturated rings. The van der Waals surface area contributed by atoms with Crippen LogP contribution in [0.3, 0.4) is 0 Å². The molecule has 20 heavy (non-hydrogen) atoms. The molecule has 2 rings (SSSR count). The van der Waals surface area contributed by atoms with E-state index in [1.54, 1.807) is 7.11 Å². The van der Waals surface area contributed by atoms with Crippen LogP contribution in [0.1, 0.15) is 44.0 Å². The molecule has 5 heteroatoms. The van der Waals surface area contributed by atoms with Crippen molar-refractivity contribution in [3.8, 4) is 0 Å². The smallest absolute Gasteiger partial charge is 0.137 e. The SMILES string of the molecule is CCNc1nc(C2CC2)nc(N(C)C(C)COC)c1C. The number of anilines is 2. The van der Waals surface area contributed by atoms with Crippen molar-refractivity contribution in [3.63, 3.8) is 0 Å². The zero-order valence-corrected chi connectivity index (χ0v) is 13.2. The van der Waals surface area contributed by atoms with Crippen LogP contribution in [0.25, 0.3) is 0 Å². The molecule has 112 valence electrons. The van der Waals surface area contributed by atoms with E-state index >= 15 is 0 Å². The number of nitrogens with zero attached hydrogens (tertiary/aromatic N) is 3. The first kappa shape index (κ1) is 15.0. The van der Waals surface area contributed by atoms with E-state index in [1.807, 2.05) is 0 Å². The molecule has 0 radical (unpaired) electrons. The lowest BCUT2D eigenvalue weighted by atomic mass is 10.2. The van der Waals surface area contributed by atoms with E-state index in [0.29, 0.717) is 12.5 Å². The normalized spacial score (nSPS) is 16.1. The van der Waals surface area contributed by atoms with Crippen molar-refractivity contribution >= 4 is 11.6 Å². The Bertz CT molecular complexity index is 459. The molecule has 1 aliphatic rings.